The summed E-state index contributed by atoms with van der Waals surface area (Å²) in [6, 6.07) is 6.08. The molecule has 7 heteroatoms. The highest BCUT2D eigenvalue weighted by atomic mass is 15.4. The molecule has 2 aromatic heterocycles. The van der Waals surface area contributed by atoms with Crippen LogP contribution in [0.4, 0.5) is 11.6 Å². The molecule has 1 saturated carbocycles. The van der Waals surface area contributed by atoms with E-state index in [0.717, 1.165) is 18.5 Å². The second kappa shape index (κ2) is 4.24. The van der Waals surface area contributed by atoms with Crippen LogP contribution in [0.1, 0.15) is 24.1 Å². The first-order chi connectivity index (χ1) is 9.19. The molecule has 0 saturated heterocycles. The number of nitrogens with one attached hydrogen (secondary N) is 1. The summed E-state index contributed by atoms with van der Waals surface area (Å²) in [7, 11) is 0. The van der Waals surface area contributed by atoms with E-state index in [2.05, 4.69) is 26.7 Å². The first-order valence-corrected chi connectivity index (χ1v) is 6.05. The molecule has 0 amide bonds. The van der Waals surface area contributed by atoms with Crippen molar-refractivity contribution in [3.63, 3.8) is 0 Å². The summed E-state index contributed by atoms with van der Waals surface area (Å²) in [5, 5.41) is 24.7. The zero-order chi connectivity index (χ0) is 13.4. The Morgan fingerprint density at radius 2 is 2.21 bits per heavy atom. The quantitative estimate of drug-likeness (QED) is 0.847. The first kappa shape index (κ1) is 11.5. The van der Waals surface area contributed by atoms with E-state index in [1.165, 1.54) is 4.68 Å². The number of nitriles is 1. The van der Waals surface area contributed by atoms with Crippen LogP contribution in [-0.4, -0.2) is 26.0 Å². The second-order valence-electron chi connectivity index (χ2n) is 4.58. The Labute approximate surface area is 110 Å². The fraction of sp³-hybridized carbons (Fsp3) is 0.333. The van der Waals surface area contributed by atoms with Gasteiger partial charge in [0.15, 0.2) is 11.6 Å². The van der Waals surface area contributed by atoms with Crippen molar-refractivity contribution in [3.8, 4) is 11.9 Å². The van der Waals surface area contributed by atoms with E-state index >= 15 is 0 Å². The average Bonchev–Trinajstić information content (AvgIpc) is 3.15. The van der Waals surface area contributed by atoms with E-state index < -0.39 is 0 Å². The predicted octanol–water partition coefficient (Wildman–Crippen LogP) is 0.999. The number of hydrogen-bond donors (Lipinski definition) is 2. The predicted molar refractivity (Wildman–Crippen MR) is 69.7 cm³/mol. The maximum atomic E-state index is 9.18. The van der Waals surface area contributed by atoms with Crippen LogP contribution in [0.2, 0.25) is 0 Å². The lowest BCUT2D eigenvalue weighted by Gasteiger charge is -2.01. The van der Waals surface area contributed by atoms with E-state index in [1.54, 1.807) is 6.07 Å². The molecule has 2 aromatic rings. The van der Waals surface area contributed by atoms with Gasteiger partial charge in [-0.2, -0.15) is 15.0 Å². The van der Waals surface area contributed by atoms with Gasteiger partial charge in [-0.3, -0.25) is 0 Å². The molecule has 7 nitrogen and oxygen atoms in total. The minimum atomic E-state index is 0.281. The molecule has 0 radical (unpaired) electrons. The molecule has 96 valence electrons. The lowest BCUT2D eigenvalue weighted by atomic mass is 10.3. The molecule has 0 spiro atoms. The lowest BCUT2D eigenvalue weighted by molar-refractivity contribution is 0.813. The third-order valence-electron chi connectivity index (χ3n) is 2.95. The Kier molecular flexibility index (Phi) is 2.56. The Hall–Kier alpha value is -2.62. The van der Waals surface area contributed by atoms with Gasteiger partial charge in [0.25, 0.3) is 0 Å². The van der Waals surface area contributed by atoms with E-state index in [1.807, 2.05) is 13.0 Å². The molecule has 2 heterocycles. The number of hydrogen-bond acceptors (Lipinski definition) is 6. The van der Waals surface area contributed by atoms with Crippen molar-refractivity contribution < 1.29 is 0 Å². The summed E-state index contributed by atoms with van der Waals surface area (Å²) in [6.45, 7) is 1.85. The monoisotopic (exact) mass is 255 g/mol. The standard InChI is InChI=1S/C12H13N7/c1-7-2-5-10(17-16-7)19-11(14)9(6-13)12(18-19)15-8-3-4-8/h2,5,8H,3-4,14H2,1H3,(H,15,18). The maximum absolute atomic E-state index is 9.18. The molecule has 0 atom stereocenters. The van der Waals surface area contributed by atoms with Crippen LogP contribution < -0.4 is 11.1 Å². The average molecular weight is 255 g/mol. The number of aromatic nitrogens is 4. The summed E-state index contributed by atoms with van der Waals surface area (Å²) in [6.07, 6.45) is 2.20. The summed E-state index contributed by atoms with van der Waals surface area (Å²) >= 11 is 0. The Morgan fingerprint density at radius 3 is 2.79 bits per heavy atom. The van der Waals surface area contributed by atoms with Gasteiger partial charge in [0.05, 0.1) is 5.69 Å². The van der Waals surface area contributed by atoms with Gasteiger partial charge in [-0.15, -0.1) is 10.2 Å². The SMILES string of the molecule is Cc1ccc(-n2nc(NC3CC3)c(C#N)c2N)nn1. The molecule has 1 aliphatic rings. The van der Waals surface area contributed by atoms with Gasteiger partial charge in [0.1, 0.15) is 17.5 Å². The van der Waals surface area contributed by atoms with Crippen LogP contribution in [0, 0.1) is 18.3 Å². The summed E-state index contributed by atoms with van der Waals surface area (Å²) < 4.78 is 1.44. The van der Waals surface area contributed by atoms with Crippen LogP contribution >= 0.6 is 0 Å². The van der Waals surface area contributed by atoms with Crippen LogP contribution in [0.5, 0.6) is 0 Å². The van der Waals surface area contributed by atoms with E-state index in [9.17, 15) is 5.26 Å². The van der Waals surface area contributed by atoms with Crippen molar-refractivity contribution in [2.45, 2.75) is 25.8 Å². The molecular weight excluding hydrogens is 242 g/mol. The molecule has 1 fully saturated rings. The third kappa shape index (κ3) is 2.08. The van der Waals surface area contributed by atoms with Crippen LogP contribution in [0.25, 0.3) is 5.82 Å². The van der Waals surface area contributed by atoms with Gasteiger partial charge in [-0.1, -0.05) is 0 Å². The Balaban J connectivity index is 2.03. The minimum Gasteiger partial charge on any atom is -0.382 e. The highest BCUT2D eigenvalue weighted by molar-refractivity contribution is 5.66. The zero-order valence-corrected chi connectivity index (χ0v) is 10.5. The molecule has 3 N–H and O–H groups in total. The number of aryl methyl sites for hydroxylation is 1. The van der Waals surface area contributed by atoms with Gasteiger partial charge in [0, 0.05) is 6.04 Å². The molecule has 0 bridgehead atoms. The normalized spacial score (nSPS) is 14.1. The zero-order valence-electron chi connectivity index (χ0n) is 10.5. The number of nitrogens with zero attached hydrogens (tertiary/aromatic N) is 5. The van der Waals surface area contributed by atoms with Gasteiger partial charge in [0.2, 0.25) is 0 Å². The summed E-state index contributed by atoms with van der Waals surface area (Å²) in [5.74, 6) is 1.30. The number of rotatable bonds is 3. The number of nitrogens with two attached hydrogens (primary N) is 1. The number of anilines is 2. The summed E-state index contributed by atoms with van der Waals surface area (Å²) in [5.41, 5.74) is 7.12. The van der Waals surface area contributed by atoms with E-state index in [4.69, 9.17) is 5.73 Å². The topological polar surface area (TPSA) is 105 Å². The molecule has 3 rings (SSSR count). The highest BCUT2D eigenvalue weighted by Crippen LogP contribution is 2.29. The van der Waals surface area contributed by atoms with Crippen LogP contribution in [-0.2, 0) is 0 Å². The molecule has 19 heavy (non-hydrogen) atoms. The highest BCUT2D eigenvalue weighted by Gasteiger charge is 2.25. The maximum Gasteiger partial charge on any atom is 0.178 e. The van der Waals surface area contributed by atoms with E-state index in [-0.39, 0.29) is 5.82 Å². The van der Waals surface area contributed by atoms with Crippen molar-refractivity contribution in [1.29, 1.82) is 5.26 Å². The molecule has 0 unspecified atom stereocenters. The van der Waals surface area contributed by atoms with Crippen molar-refractivity contribution >= 4 is 11.6 Å². The third-order valence-corrected chi connectivity index (χ3v) is 2.95. The largest absolute Gasteiger partial charge is 0.382 e. The van der Waals surface area contributed by atoms with Gasteiger partial charge in [-0.25, -0.2) is 0 Å². The summed E-state index contributed by atoms with van der Waals surface area (Å²) in [4.78, 5) is 0. The lowest BCUT2D eigenvalue weighted by Crippen LogP contribution is -2.06. The van der Waals surface area contributed by atoms with Crippen molar-refractivity contribution in [2.75, 3.05) is 11.1 Å². The molecular formula is C12H13N7. The van der Waals surface area contributed by atoms with Crippen LogP contribution in [0.3, 0.4) is 0 Å². The van der Waals surface area contributed by atoms with Crippen molar-refractivity contribution in [3.05, 3.63) is 23.4 Å². The van der Waals surface area contributed by atoms with Gasteiger partial charge in [-0.05, 0) is 31.9 Å². The van der Waals surface area contributed by atoms with Gasteiger partial charge >= 0.3 is 0 Å². The molecule has 1 aliphatic carbocycles. The second-order valence-corrected chi connectivity index (χ2v) is 4.58. The molecule has 0 aromatic carbocycles. The first-order valence-electron chi connectivity index (χ1n) is 6.05. The number of nitrogen functional groups attached to an aromatic ring is 1. The van der Waals surface area contributed by atoms with Crippen molar-refractivity contribution in [2.24, 2.45) is 0 Å². The van der Waals surface area contributed by atoms with Gasteiger partial charge < -0.3 is 11.1 Å². The van der Waals surface area contributed by atoms with Crippen molar-refractivity contribution in [1.82, 2.24) is 20.0 Å². The molecule has 0 aliphatic heterocycles. The smallest absolute Gasteiger partial charge is 0.178 e. The fourth-order valence-corrected chi connectivity index (χ4v) is 1.74. The van der Waals surface area contributed by atoms with E-state index in [0.29, 0.717) is 23.2 Å². The Morgan fingerprint density at radius 1 is 1.42 bits per heavy atom. The Bertz CT molecular complexity index is 646. The minimum absolute atomic E-state index is 0.281. The van der Waals surface area contributed by atoms with Crippen LogP contribution in [0.15, 0.2) is 12.1 Å². The fourth-order valence-electron chi connectivity index (χ4n) is 1.74.